The Labute approximate surface area is 147 Å². The van der Waals surface area contributed by atoms with Gasteiger partial charge in [0.2, 0.25) is 10.0 Å². The predicted octanol–water partition coefficient (Wildman–Crippen LogP) is 3.44. The first kappa shape index (κ1) is 16.3. The van der Waals surface area contributed by atoms with Gasteiger partial charge in [0, 0.05) is 24.7 Å². The Morgan fingerprint density at radius 2 is 1.96 bits per heavy atom. The zero-order valence-corrected chi connectivity index (χ0v) is 15.0. The quantitative estimate of drug-likeness (QED) is 0.783. The second-order valence-corrected chi connectivity index (χ2v) is 8.62. The zero-order valence-electron chi connectivity index (χ0n) is 14.1. The normalized spacial score (nSPS) is 19.3. The summed E-state index contributed by atoms with van der Waals surface area (Å²) in [5.41, 5.74) is 2.15. The van der Waals surface area contributed by atoms with Crippen molar-refractivity contribution in [1.82, 2.24) is 14.5 Å². The van der Waals surface area contributed by atoms with Gasteiger partial charge in [-0.15, -0.1) is 0 Å². The number of aryl methyl sites for hydroxylation is 1. The maximum absolute atomic E-state index is 13.1. The van der Waals surface area contributed by atoms with Crippen molar-refractivity contribution in [1.29, 1.82) is 0 Å². The molecule has 1 saturated heterocycles. The molecule has 6 heteroatoms. The van der Waals surface area contributed by atoms with Gasteiger partial charge in [0.1, 0.15) is 0 Å². The molecule has 0 bridgehead atoms. The first-order chi connectivity index (χ1) is 12.1. The van der Waals surface area contributed by atoms with Crippen LogP contribution in [0.5, 0.6) is 0 Å². The van der Waals surface area contributed by atoms with Crippen molar-refractivity contribution in [3.05, 3.63) is 59.9 Å². The average Bonchev–Trinajstić information content (AvgIpc) is 3.07. The largest absolute Gasteiger partial charge is 0.282 e. The molecule has 1 unspecified atom stereocenters. The highest BCUT2D eigenvalue weighted by Crippen LogP contribution is 2.31. The Hall–Kier alpha value is -2.18. The molecule has 1 aliphatic rings. The first-order valence-electron chi connectivity index (χ1n) is 8.54. The van der Waals surface area contributed by atoms with Crippen LogP contribution < -0.4 is 0 Å². The van der Waals surface area contributed by atoms with Crippen LogP contribution in [-0.4, -0.2) is 36.0 Å². The number of fused-ring (bicyclic) bond motifs is 1. The molecule has 2 heterocycles. The molecule has 0 spiro atoms. The van der Waals surface area contributed by atoms with Crippen LogP contribution >= 0.6 is 0 Å². The number of hydrogen-bond acceptors (Lipinski definition) is 3. The Morgan fingerprint density at radius 1 is 1.16 bits per heavy atom. The van der Waals surface area contributed by atoms with Crippen LogP contribution in [0.25, 0.3) is 10.8 Å². The molecule has 4 rings (SSSR count). The highest BCUT2D eigenvalue weighted by atomic mass is 32.2. The van der Waals surface area contributed by atoms with Crippen LogP contribution in [0.15, 0.2) is 53.6 Å². The van der Waals surface area contributed by atoms with E-state index >= 15 is 0 Å². The summed E-state index contributed by atoms with van der Waals surface area (Å²) in [7, 11) is -3.49. The number of benzene rings is 2. The zero-order chi connectivity index (χ0) is 17.4. The minimum Gasteiger partial charge on any atom is -0.282 e. The van der Waals surface area contributed by atoms with Crippen LogP contribution in [-0.2, 0) is 10.0 Å². The number of rotatable bonds is 3. The Bertz CT molecular complexity index is 1010. The second-order valence-electron chi connectivity index (χ2n) is 6.68. The Balaban J connectivity index is 1.65. The lowest BCUT2D eigenvalue weighted by Crippen LogP contribution is -2.39. The van der Waals surface area contributed by atoms with Gasteiger partial charge >= 0.3 is 0 Å². The molecule has 3 aromatic rings. The molecule has 1 aromatic heterocycles. The van der Waals surface area contributed by atoms with Crippen molar-refractivity contribution in [2.24, 2.45) is 0 Å². The molecule has 0 radical (unpaired) electrons. The summed E-state index contributed by atoms with van der Waals surface area (Å²) in [5, 5.41) is 9.12. The Kier molecular flexibility index (Phi) is 4.09. The lowest BCUT2D eigenvalue weighted by Gasteiger charge is -2.31. The minimum atomic E-state index is -3.49. The number of sulfonamides is 1. The number of aromatic amines is 1. The van der Waals surface area contributed by atoms with E-state index in [1.165, 1.54) is 0 Å². The maximum Gasteiger partial charge on any atom is 0.243 e. The fourth-order valence-corrected chi connectivity index (χ4v) is 5.20. The number of piperidine rings is 1. The molecule has 0 amide bonds. The van der Waals surface area contributed by atoms with Crippen molar-refractivity contribution in [3.8, 4) is 0 Å². The van der Waals surface area contributed by atoms with Gasteiger partial charge < -0.3 is 0 Å². The molecule has 1 atom stereocenters. The van der Waals surface area contributed by atoms with E-state index in [-0.39, 0.29) is 5.92 Å². The predicted molar refractivity (Wildman–Crippen MR) is 98.0 cm³/mol. The monoisotopic (exact) mass is 355 g/mol. The van der Waals surface area contributed by atoms with E-state index in [0.717, 1.165) is 34.9 Å². The van der Waals surface area contributed by atoms with E-state index in [9.17, 15) is 8.42 Å². The molecule has 0 saturated carbocycles. The molecule has 130 valence electrons. The smallest absolute Gasteiger partial charge is 0.243 e. The van der Waals surface area contributed by atoms with Crippen LogP contribution in [0.4, 0.5) is 0 Å². The topological polar surface area (TPSA) is 66.1 Å². The van der Waals surface area contributed by atoms with E-state index in [1.54, 1.807) is 22.6 Å². The third-order valence-electron chi connectivity index (χ3n) is 5.02. The summed E-state index contributed by atoms with van der Waals surface area (Å²) in [6.07, 6.45) is 3.63. The minimum absolute atomic E-state index is 0.173. The highest BCUT2D eigenvalue weighted by Gasteiger charge is 2.32. The van der Waals surface area contributed by atoms with Gasteiger partial charge in [-0.05, 0) is 48.2 Å². The van der Waals surface area contributed by atoms with Gasteiger partial charge in [0.05, 0.1) is 11.1 Å². The van der Waals surface area contributed by atoms with E-state index in [4.69, 9.17) is 0 Å². The molecule has 0 aliphatic carbocycles. The number of hydrogen-bond donors (Lipinski definition) is 1. The van der Waals surface area contributed by atoms with Gasteiger partial charge in [0.25, 0.3) is 0 Å². The second kappa shape index (κ2) is 6.28. The number of H-pyrrole nitrogens is 1. The molecular formula is C19H21N3O2S. The number of aromatic nitrogens is 2. The van der Waals surface area contributed by atoms with Crippen LogP contribution in [0, 0.1) is 6.92 Å². The van der Waals surface area contributed by atoms with Gasteiger partial charge in [0.15, 0.2) is 0 Å². The molecule has 2 aromatic carbocycles. The van der Waals surface area contributed by atoms with Crippen LogP contribution in [0.1, 0.15) is 30.0 Å². The molecule has 1 N–H and O–H groups in total. The van der Waals surface area contributed by atoms with Crippen LogP contribution in [0.2, 0.25) is 0 Å². The van der Waals surface area contributed by atoms with E-state index in [0.29, 0.717) is 18.0 Å². The molecule has 5 nitrogen and oxygen atoms in total. The molecule has 25 heavy (non-hydrogen) atoms. The van der Waals surface area contributed by atoms with Gasteiger partial charge in [-0.3, -0.25) is 5.10 Å². The van der Waals surface area contributed by atoms with E-state index < -0.39 is 10.0 Å². The average molecular weight is 355 g/mol. The fraction of sp³-hybridized carbons (Fsp3) is 0.316. The number of nitrogens with one attached hydrogen (secondary N) is 1. The third kappa shape index (κ3) is 2.96. The third-order valence-corrected chi connectivity index (χ3v) is 6.88. The molecule has 1 aliphatic heterocycles. The van der Waals surface area contributed by atoms with Gasteiger partial charge in [-0.1, -0.05) is 30.3 Å². The SMILES string of the molecule is Cc1cn[nH]c1C1CCCN(S(=O)(=O)c2ccc3ccccc3c2)C1. The van der Waals surface area contributed by atoms with E-state index in [2.05, 4.69) is 10.2 Å². The highest BCUT2D eigenvalue weighted by molar-refractivity contribution is 7.89. The summed E-state index contributed by atoms with van der Waals surface area (Å²) in [4.78, 5) is 0.369. The van der Waals surface area contributed by atoms with Crippen LogP contribution in [0.3, 0.4) is 0 Å². The summed E-state index contributed by atoms with van der Waals surface area (Å²) in [6.45, 7) is 3.08. The maximum atomic E-state index is 13.1. The van der Waals surface area contributed by atoms with Crippen molar-refractivity contribution in [3.63, 3.8) is 0 Å². The Morgan fingerprint density at radius 3 is 2.72 bits per heavy atom. The lowest BCUT2D eigenvalue weighted by atomic mass is 9.94. The van der Waals surface area contributed by atoms with Gasteiger partial charge in [-0.2, -0.15) is 9.40 Å². The van der Waals surface area contributed by atoms with Crippen molar-refractivity contribution < 1.29 is 8.42 Å². The summed E-state index contributed by atoms with van der Waals surface area (Å²) >= 11 is 0. The molecular weight excluding hydrogens is 334 g/mol. The summed E-state index contributed by atoms with van der Waals surface area (Å²) < 4.78 is 27.9. The first-order valence-corrected chi connectivity index (χ1v) is 9.98. The van der Waals surface area contributed by atoms with Crippen molar-refractivity contribution in [2.45, 2.75) is 30.6 Å². The van der Waals surface area contributed by atoms with Crippen molar-refractivity contribution >= 4 is 20.8 Å². The summed E-state index contributed by atoms with van der Waals surface area (Å²) in [5.74, 6) is 0.173. The lowest BCUT2D eigenvalue weighted by molar-refractivity contribution is 0.312. The fourth-order valence-electron chi connectivity index (χ4n) is 3.64. The van der Waals surface area contributed by atoms with Crippen molar-refractivity contribution in [2.75, 3.05) is 13.1 Å². The molecule has 1 fully saturated rings. The number of nitrogens with zero attached hydrogens (tertiary/aromatic N) is 2. The summed E-state index contributed by atoms with van der Waals surface area (Å²) in [6, 6.07) is 13.2. The van der Waals surface area contributed by atoms with Gasteiger partial charge in [-0.25, -0.2) is 8.42 Å². The van der Waals surface area contributed by atoms with E-state index in [1.807, 2.05) is 37.3 Å². The standard InChI is InChI=1S/C19H21N3O2S/c1-14-12-20-21-19(14)17-7-4-10-22(13-17)25(23,24)18-9-8-15-5-2-3-6-16(15)11-18/h2-3,5-6,8-9,11-12,17H,4,7,10,13H2,1H3,(H,20,21).